The molecule has 0 N–H and O–H groups in total. The SMILES string of the molecule is C=CC(=O)OCCC[N+](C)(C)CCCCCS(=O)(=O)[O-]. The quantitative estimate of drug-likeness (QED) is 0.186. The average Bonchev–Trinajstić information content (AvgIpc) is 2.32. The van der Waals surface area contributed by atoms with Gasteiger partial charge in [0.25, 0.3) is 0 Å². The fourth-order valence-corrected chi connectivity index (χ4v) is 2.39. The highest BCUT2D eigenvalue weighted by molar-refractivity contribution is 7.85. The van der Waals surface area contributed by atoms with Crippen molar-refractivity contribution in [3.8, 4) is 0 Å². The zero-order valence-corrected chi connectivity index (χ0v) is 13.2. The van der Waals surface area contributed by atoms with Gasteiger partial charge in [-0.05, 0) is 19.3 Å². The first-order chi connectivity index (χ1) is 9.16. The van der Waals surface area contributed by atoms with Crippen LogP contribution < -0.4 is 0 Å². The topological polar surface area (TPSA) is 83.5 Å². The van der Waals surface area contributed by atoms with Crippen LogP contribution >= 0.6 is 0 Å². The van der Waals surface area contributed by atoms with Gasteiger partial charge in [0.2, 0.25) is 0 Å². The number of carbonyl (C=O) groups excluding carboxylic acids is 1. The third-order valence-electron chi connectivity index (χ3n) is 2.98. The van der Waals surface area contributed by atoms with E-state index in [4.69, 9.17) is 4.74 Å². The molecule has 0 rings (SSSR count). The predicted molar refractivity (Wildman–Crippen MR) is 76.0 cm³/mol. The maximum atomic E-state index is 10.8. The highest BCUT2D eigenvalue weighted by Gasteiger charge is 2.14. The van der Waals surface area contributed by atoms with Crippen molar-refractivity contribution in [2.75, 3.05) is 39.5 Å². The molecule has 0 fully saturated rings. The van der Waals surface area contributed by atoms with Crippen molar-refractivity contribution in [1.82, 2.24) is 0 Å². The van der Waals surface area contributed by atoms with Gasteiger partial charge in [0.05, 0.1) is 43.9 Å². The van der Waals surface area contributed by atoms with Gasteiger partial charge in [-0.3, -0.25) is 0 Å². The fraction of sp³-hybridized carbons (Fsp3) is 0.769. The molecule has 0 aromatic rings. The largest absolute Gasteiger partial charge is 0.748 e. The van der Waals surface area contributed by atoms with Crippen molar-refractivity contribution in [3.63, 3.8) is 0 Å². The smallest absolute Gasteiger partial charge is 0.330 e. The molecule has 6 nitrogen and oxygen atoms in total. The Morgan fingerprint density at radius 2 is 1.80 bits per heavy atom. The third-order valence-corrected chi connectivity index (χ3v) is 3.77. The van der Waals surface area contributed by atoms with E-state index >= 15 is 0 Å². The van der Waals surface area contributed by atoms with Crippen molar-refractivity contribution < 1.29 is 27.0 Å². The second-order valence-electron chi connectivity index (χ2n) is 5.43. The van der Waals surface area contributed by atoms with E-state index in [0.29, 0.717) is 13.0 Å². The lowest BCUT2D eigenvalue weighted by molar-refractivity contribution is -0.890. The summed E-state index contributed by atoms with van der Waals surface area (Å²) in [6.45, 7) is 5.46. The number of hydrogen-bond acceptors (Lipinski definition) is 5. The van der Waals surface area contributed by atoms with Gasteiger partial charge in [0, 0.05) is 18.2 Å². The maximum absolute atomic E-state index is 10.8. The van der Waals surface area contributed by atoms with Gasteiger partial charge < -0.3 is 13.8 Å². The number of ether oxygens (including phenoxy) is 1. The molecule has 0 spiro atoms. The van der Waals surface area contributed by atoms with Crippen molar-refractivity contribution in [2.45, 2.75) is 25.7 Å². The van der Waals surface area contributed by atoms with Gasteiger partial charge in [-0.1, -0.05) is 6.58 Å². The minimum atomic E-state index is -4.08. The molecule has 0 aliphatic heterocycles. The lowest BCUT2D eigenvalue weighted by Crippen LogP contribution is -2.41. The van der Waals surface area contributed by atoms with E-state index in [1.807, 2.05) is 0 Å². The molecule has 0 radical (unpaired) electrons. The van der Waals surface area contributed by atoms with Crippen LogP contribution in [-0.2, 0) is 19.6 Å². The van der Waals surface area contributed by atoms with Crippen molar-refractivity contribution in [1.29, 1.82) is 0 Å². The Morgan fingerprint density at radius 3 is 2.35 bits per heavy atom. The Kier molecular flexibility index (Phi) is 8.68. The number of quaternary nitrogens is 1. The first kappa shape index (κ1) is 19.1. The predicted octanol–water partition coefficient (Wildman–Crippen LogP) is 0.898. The van der Waals surface area contributed by atoms with E-state index in [1.54, 1.807) is 0 Å². The number of carbonyl (C=O) groups is 1. The number of hydrogen-bond donors (Lipinski definition) is 0. The standard InChI is InChI=1S/C13H25NO5S/c1-4-13(15)19-11-8-10-14(2,3)9-6-5-7-12-20(16,17)18/h4H,1,5-12H2,2-3H3. The molecular formula is C13H25NO5S. The minimum absolute atomic E-state index is 0.280. The van der Waals surface area contributed by atoms with Crippen molar-refractivity contribution in [3.05, 3.63) is 12.7 Å². The van der Waals surface area contributed by atoms with Crippen LogP contribution in [0.4, 0.5) is 0 Å². The van der Waals surface area contributed by atoms with Crippen LogP contribution in [0, 0.1) is 0 Å². The molecule has 20 heavy (non-hydrogen) atoms. The Morgan fingerprint density at radius 1 is 1.20 bits per heavy atom. The molecule has 0 amide bonds. The van der Waals surface area contributed by atoms with Crippen LogP contribution in [0.1, 0.15) is 25.7 Å². The summed E-state index contributed by atoms with van der Waals surface area (Å²) in [6.07, 6.45) is 3.93. The molecule has 0 aliphatic rings. The summed E-state index contributed by atoms with van der Waals surface area (Å²) in [5.41, 5.74) is 0. The Labute approximate surface area is 121 Å². The summed E-state index contributed by atoms with van der Waals surface area (Å²) in [5.74, 6) is -0.688. The molecule has 0 unspecified atom stereocenters. The molecule has 0 bridgehead atoms. The van der Waals surface area contributed by atoms with Crippen LogP contribution in [0.25, 0.3) is 0 Å². The molecule has 0 saturated carbocycles. The summed E-state index contributed by atoms with van der Waals surface area (Å²) in [7, 11) is 0.0582. The summed E-state index contributed by atoms with van der Waals surface area (Å²) in [5, 5.41) is 0. The maximum Gasteiger partial charge on any atom is 0.330 e. The van der Waals surface area contributed by atoms with Crippen LogP contribution in [-0.4, -0.2) is 63.0 Å². The van der Waals surface area contributed by atoms with Crippen LogP contribution in [0.2, 0.25) is 0 Å². The molecule has 118 valence electrons. The highest BCUT2D eigenvalue weighted by Crippen LogP contribution is 2.06. The van der Waals surface area contributed by atoms with Gasteiger partial charge >= 0.3 is 5.97 Å². The lowest BCUT2D eigenvalue weighted by atomic mass is 10.2. The van der Waals surface area contributed by atoms with Gasteiger partial charge in [0.15, 0.2) is 0 Å². The summed E-state index contributed by atoms with van der Waals surface area (Å²) < 4.78 is 37.0. The van der Waals surface area contributed by atoms with E-state index in [9.17, 15) is 17.8 Å². The third kappa shape index (κ3) is 12.1. The Hall–Kier alpha value is -0.920. The van der Waals surface area contributed by atoms with Crippen molar-refractivity contribution in [2.24, 2.45) is 0 Å². The van der Waals surface area contributed by atoms with Crippen LogP contribution in [0.5, 0.6) is 0 Å². The van der Waals surface area contributed by atoms with Crippen LogP contribution in [0.3, 0.4) is 0 Å². The molecule has 0 aromatic carbocycles. The monoisotopic (exact) mass is 307 g/mol. The highest BCUT2D eigenvalue weighted by atomic mass is 32.2. The second-order valence-corrected chi connectivity index (χ2v) is 6.95. The lowest BCUT2D eigenvalue weighted by Gasteiger charge is -2.29. The average molecular weight is 307 g/mol. The van der Waals surface area contributed by atoms with Gasteiger partial charge in [0.1, 0.15) is 0 Å². The summed E-state index contributed by atoms with van der Waals surface area (Å²) in [6, 6.07) is 0. The summed E-state index contributed by atoms with van der Waals surface area (Å²) >= 11 is 0. The minimum Gasteiger partial charge on any atom is -0.748 e. The number of unbranched alkanes of at least 4 members (excludes halogenated alkanes) is 2. The van der Waals surface area contributed by atoms with E-state index in [0.717, 1.165) is 42.9 Å². The Bertz CT molecular complexity index is 403. The van der Waals surface area contributed by atoms with Gasteiger partial charge in [-0.2, -0.15) is 0 Å². The first-order valence-corrected chi connectivity index (χ1v) is 8.29. The number of esters is 1. The molecule has 7 heteroatoms. The fourth-order valence-electron chi connectivity index (χ4n) is 1.83. The Balaban J connectivity index is 3.68. The number of nitrogens with zero attached hydrogens (tertiary/aromatic N) is 1. The van der Waals surface area contributed by atoms with E-state index in [2.05, 4.69) is 20.7 Å². The molecule has 0 aromatic heterocycles. The van der Waals surface area contributed by atoms with Gasteiger partial charge in [-0.25, -0.2) is 13.2 Å². The zero-order chi connectivity index (χ0) is 15.6. The van der Waals surface area contributed by atoms with Gasteiger partial charge in [-0.15, -0.1) is 0 Å². The zero-order valence-electron chi connectivity index (χ0n) is 12.3. The molecular weight excluding hydrogens is 282 g/mol. The van der Waals surface area contributed by atoms with E-state index < -0.39 is 16.1 Å². The summed E-state index contributed by atoms with van der Waals surface area (Å²) in [4.78, 5) is 10.8. The molecule has 0 saturated heterocycles. The molecule has 0 aliphatic carbocycles. The second kappa shape index (κ2) is 9.10. The number of rotatable bonds is 11. The van der Waals surface area contributed by atoms with Crippen molar-refractivity contribution >= 4 is 16.1 Å². The normalized spacial score (nSPS) is 12.2. The van der Waals surface area contributed by atoms with E-state index in [1.165, 1.54) is 0 Å². The van der Waals surface area contributed by atoms with Crippen LogP contribution in [0.15, 0.2) is 12.7 Å². The van der Waals surface area contributed by atoms with E-state index in [-0.39, 0.29) is 5.75 Å². The molecule has 0 atom stereocenters. The first-order valence-electron chi connectivity index (χ1n) is 6.71. The molecule has 0 heterocycles.